The number of aromatic nitrogens is 2. The first-order valence-corrected chi connectivity index (χ1v) is 10.8. The van der Waals surface area contributed by atoms with Crippen LogP contribution in [0.15, 0.2) is 54.9 Å². The molecule has 8 heteroatoms. The van der Waals surface area contributed by atoms with E-state index in [1.165, 1.54) is 17.7 Å². The third-order valence-electron chi connectivity index (χ3n) is 5.12. The predicted octanol–water partition coefficient (Wildman–Crippen LogP) is 5.15. The number of carbonyl (C=O) groups is 2. The molecule has 7 nitrogen and oxygen atoms in total. The molecule has 32 heavy (non-hydrogen) atoms. The van der Waals surface area contributed by atoms with Crippen molar-refractivity contribution in [2.24, 2.45) is 0 Å². The van der Waals surface area contributed by atoms with Gasteiger partial charge in [-0.05, 0) is 42.7 Å². The Morgan fingerprint density at radius 2 is 1.88 bits per heavy atom. The van der Waals surface area contributed by atoms with E-state index in [4.69, 9.17) is 4.74 Å². The highest BCUT2D eigenvalue weighted by Gasteiger charge is 2.21. The molecule has 0 saturated carbocycles. The molecule has 4 rings (SSSR count). The van der Waals surface area contributed by atoms with Gasteiger partial charge in [-0.15, -0.1) is 11.3 Å². The predicted molar refractivity (Wildman–Crippen MR) is 124 cm³/mol. The van der Waals surface area contributed by atoms with Gasteiger partial charge in [-0.3, -0.25) is 0 Å². The minimum absolute atomic E-state index is 0.174. The normalized spacial score (nSPS) is 10.8. The van der Waals surface area contributed by atoms with Crippen LogP contribution in [0.25, 0.3) is 10.2 Å². The average Bonchev–Trinajstić information content (AvgIpc) is 3.13. The van der Waals surface area contributed by atoms with E-state index in [0.29, 0.717) is 33.0 Å². The standard InChI is InChI=1S/C24H21N3O4S/c1-14-8-9-17(23(28)29)12-18(14)27-21-19-15(2)20(32-22(19)26-13-25-21)24(30)31-11-10-16-6-4-3-5-7-16/h3-9,12-13H,10-11H2,1-2H3,(H,28,29)(H,25,26,27). The number of esters is 1. The zero-order valence-electron chi connectivity index (χ0n) is 17.6. The zero-order valence-corrected chi connectivity index (χ0v) is 18.4. The molecule has 0 unspecified atom stereocenters. The maximum atomic E-state index is 12.7. The Morgan fingerprint density at radius 3 is 2.62 bits per heavy atom. The van der Waals surface area contributed by atoms with E-state index in [9.17, 15) is 14.7 Å². The second-order valence-electron chi connectivity index (χ2n) is 7.29. The molecule has 2 heterocycles. The SMILES string of the molecule is Cc1ccc(C(=O)O)cc1Nc1ncnc2sc(C(=O)OCCc3ccccc3)c(C)c12. The van der Waals surface area contributed by atoms with Crippen LogP contribution in [0, 0.1) is 13.8 Å². The summed E-state index contributed by atoms with van der Waals surface area (Å²) < 4.78 is 5.50. The molecule has 0 amide bonds. The third-order valence-corrected chi connectivity index (χ3v) is 6.30. The number of rotatable bonds is 7. The monoisotopic (exact) mass is 447 g/mol. The number of carbonyl (C=O) groups excluding carboxylic acids is 1. The molecule has 0 fully saturated rings. The smallest absolute Gasteiger partial charge is 0.348 e. The van der Waals surface area contributed by atoms with Crippen LogP contribution < -0.4 is 5.32 Å². The second-order valence-corrected chi connectivity index (χ2v) is 8.29. The number of aromatic carboxylic acids is 1. The summed E-state index contributed by atoms with van der Waals surface area (Å²) in [6.45, 7) is 4.00. The Morgan fingerprint density at radius 1 is 1.09 bits per heavy atom. The first-order valence-electron chi connectivity index (χ1n) is 10.00. The summed E-state index contributed by atoms with van der Waals surface area (Å²) in [5.74, 6) is -0.887. The minimum Gasteiger partial charge on any atom is -0.478 e. The van der Waals surface area contributed by atoms with Crippen molar-refractivity contribution in [3.05, 3.63) is 82.0 Å². The van der Waals surface area contributed by atoms with Gasteiger partial charge in [0.25, 0.3) is 0 Å². The fourth-order valence-corrected chi connectivity index (χ4v) is 4.39. The number of hydrogen-bond donors (Lipinski definition) is 2. The van der Waals surface area contributed by atoms with Gasteiger partial charge in [0.05, 0.1) is 17.6 Å². The van der Waals surface area contributed by atoms with Crippen LogP contribution >= 0.6 is 11.3 Å². The van der Waals surface area contributed by atoms with Crippen LogP contribution in [0.4, 0.5) is 11.5 Å². The summed E-state index contributed by atoms with van der Waals surface area (Å²) in [7, 11) is 0. The maximum absolute atomic E-state index is 12.7. The van der Waals surface area contributed by atoms with E-state index in [0.717, 1.165) is 16.7 Å². The second kappa shape index (κ2) is 9.15. The molecule has 2 aromatic carbocycles. The van der Waals surface area contributed by atoms with E-state index < -0.39 is 11.9 Å². The molecule has 0 saturated heterocycles. The van der Waals surface area contributed by atoms with Crippen molar-refractivity contribution in [1.82, 2.24) is 9.97 Å². The Labute approximate surface area is 188 Å². The molecule has 2 aromatic heterocycles. The van der Waals surface area contributed by atoms with Crippen LogP contribution in [0.2, 0.25) is 0 Å². The van der Waals surface area contributed by atoms with E-state index in [1.807, 2.05) is 44.2 Å². The summed E-state index contributed by atoms with van der Waals surface area (Å²) in [5.41, 5.74) is 3.50. The molecule has 0 atom stereocenters. The topological polar surface area (TPSA) is 101 Å². The first kappa shape index (κ1) is 21.5. The number of anilines is 2. The van der Waals surface area contributed by atoms with E-state index in [2.05, 4.69) is 15.3 Å². The molecular formula is C24H21N3O4S. The number of nitrogens with one attached hydrogen (secondary N) is 1. The Balaban J connectivity index is 1.58. The molecule has 0 bridgehead atoms. The van der Waals surface area contributed by atoms with Crippen molar-refractivity contribution in [3.8, 4) is 0 Å². The number of ether oxygens (including phenoxy) is 1. The fraction of sp³-hybridized carbons (Fsp3) is 0.167. The Kier molecular flexibility index (Phi) is 6.13. The van der Waals surface area contributed by atoms with Gasteiger partial charge < -0.3 is 15.2 Å². The molecule has 0 spiro atoms. The quantitative estimate of drug-likeness (QED) is 0.378. The van der Waals surface area contributed by atoms with Crippen molar-refractivity contribution >= 4 is 45.0 Å². The van der Waals surface area contributed by atoms with Gasteiger partial charge in [-0.1, -0.05) is 36.4 Å². The number of carboxylic acid groups (broad SMARTS) is 1. The highest BCUT2D eigenvalue weighted by molar-refractivity contribution is 7.20. The summed E-state index contributed by atoms with van der Waals surface area (Å²) in [6.07, 6.45) is 2.06. The molecule has 4 aromatic rings. The fourth-order valence-electron chi connectivity index (χ4n) is 3.35. The number of hydrogen-bond acceptors (Lipinski definition) is 7. The Bertz CT molecular complexity index is 1300. The van der Waals surface area contributed by atoms with Gasteiger partial charge in [-0.2, -0.15) is 0 Å². The maximum Gasteiger partial charge on any atom is 0.348 e. The van der Waals surface area contributed by atoms with Crippen molar-refractivity contribution in [3.63, 3.8) is 0 Å². The number of nitrogens with zero attached hydrogens (tertiary/aromatic N) is 2. The third kappa shape index (κ3) is 4.45. The number of thiophene rings is 1. The van der Waals surface area contributed by atoms with E-state index >= 15 is 0 Å². The highest BCUT2D eigenvalue weighted by atomic mass is 32.1. The van der Waals surface area contributed by atoms with Crippen molar-refractivity contribution < 1.29 is 19.4 Å². The van der Waals surface area contributed by atoms with Gasteiger partial charge >= 0.3 is 11.9 Å². The number of carboxylic acids is 1. The summed E-state index contributed by atoms with van der Waals surface area (Å²) in [5, 5.41) is 13.2. The summed E-state index contributed by atoms with van der Waals surface area (Å²) in [6, 6.07) is 14.7. The van der Waals surface area contributed by atoms with Crippen LogP contribution in [0.5, 0.6) is 0 Å². The van der Waals surface area contributed by atoms with Gasteiger partial charge in [0, 0.05) is 12.1 Å². The van der Waals surface area contributed by atoms with Crippen LogP contribution in [-0.4, -0.2) is 33.6 Å². The average molecular weight is 448 g/mol. The molecule has 0 aliphatic carbocycles. The van der Waals surface area contributed by atoms with Crippen LogP contribution in [0.1, 0.15) is 36.7 Å². The lowest BCUT2D eigenvalue weighted by atomic mass is 10.1. The molecule has 0 radical (unpaired) electrons. The molecule has 0 aliphatic heterocycles. The molecule has 0 aliphatic rings. The van der Waals surface area contributed by atoms with Crippen LogP contribution in [-0.2, 0) is 11.2 Å². The minimum atomic E-state index is -1.01. The Hall–Kier alpha value is -3.78. The van der Waals surface area contributed by atoms with Crippen molar-refractivity contribution in [2.75, 3.05) is 11.9 Å². The lowest BCUT2D eigenvalue weighted by molar-refractivity contribution is 0.0514. The van der Waals surface area contributed by atoms with Crippen molar-refractivity contribution in [2.45, 2.75) is 20.3 Å². The number of fused-ring (bicyclic) bond motifs is 1. The first-order chi connectivity index (χ1) is 15.4. The molecular weight excluding hydrogens is 426 g/mol. The van der Waals surface area contributed by atoms with Gasteiger partial charge in [0.15, 0.2) is 0 Å². The summed E-state index contributed by atoms with van der Waals surface area (Å²) >= 11 is 1.26. The van der Waals surface area contributed by atoms with Gasteiger partial charge in [0.1, 0.15) is 21.9 Å². The van der Waals surface area contributed by atoms with E-state index in [1.54, 1.807) is 18.2 Å². The molecule has 2 N–H and O–H groups in total. The van der Waals surface area contributed by atoms with Gasteiger partial charge in [0.2, 0.25) is 0 Å². The lowest BCUT2D eigenvalue weighted by Crippen LogP contribution is -2.07. The molecule has 162 valence electrons. The largest absolute Gasteiger partial charge is 0.478 e. The zero-order chi connectivity index (χ0) is 22.7. The van der Waals surface area contributed by atoms with Crippen molar-refractivity contribution in [1.29, 1.82) is 0 Å². The number of aryl methyl sites for hydroxylation is 2. The lowest BCUT2D eigenvalue weighted by Gasteiger charge is -2.11. The summed E-state index contributed by atoms with van der Waals surface area (Å²) in [4.78, 5) is 33.8. The highest BCUT2D eigenvalue weighted by Crippen LogP contribution is 2.35. The van der Waals surface area contributed by atoms with Gasteiger partial charge in [-0.25, -0.2) is 19.6 Å². The van der Waals surface area contributed by atoms with Crippen LogP contribution in [0.3, 0.4) is 0 Å². The van der Waals surface area contributed by atoms with E-state index in [-0.39, 0.29) is 12.2 Å². The number of benzene rings is 2.